The number of fused-ring (bicyclic) bond motifs is 2. The summed E-state index contributed by atoms with van der Waals surface area (Å²) < 4.78 is 90.1. The fraction of sp³-hybridized carbons (Fsp3) is 0.231. The van der Waals surface area contributed by atoms with Crippen molar-refractivity contribution in [3.63, 3.8) is 0 Å². The number of hydrogen-bond donors (Lipinski definition) is 2. The first kappa shape index (κ1) is 28.7. The standard InChI is InChI=1S/C26H19F6N5O5/c1-36-20-22(37(24(40)35-23(20)39)11-19(38)25(27,28)29)34-21(36)15-5-7-17(18(10-15)42-26(30,31)32)41-12-13-4-6-16-14(9-13)3-2-8-33-16/h2-10,19,38H,11-12H2,1H3,(H,35,39,40). The summed E-state index contributed by atoms with van der Waals surface area (Å²) in [7, 11) is 1.28. The summed E-state index contributed by atoms with van der Waals surface area (Å²) in [6, 6.07) is 12.1. The first-order valence-corrected chi connectivity index (χ1v) is 12.0. The smallest absolute Gasteiger partial charge is 0.485 e. The molecule has 0 aliphatic carbocycles. The highest BCUT2D eigenvalue weighted by molar-refractivity contribution is 5.79. The number of pyridine rings is 1. The van der Waals surface area contributed by atoms with Crippen LogP contribution in [0.2, 0.25) is 0 Å². The third kappa shape index (κ3) is 5.79. The second-order valence-corrected chi connectivity index (χ2v) is 9.12. The Kier molecular flexibility index (Phi) is 7.18. The minimum absolute atomic E-state index is 0.0492. The van der Waals surface area contributed by atoms with Gasteiger partial charge in [-0.2, -0.15) is 13.2 Å². The molecule has 5 rings (SSSR count). The summed E-state index contributed by atoms with van der Waals surface area (Å²) in [6.45, 7) is -1.42. The van der Waals surface area contributed by atoms with E-state index in [0.29, 0.717) is 15.6 Å². The monoisotopic (exact) mass is 595 g/mol. The van der Waals surface area contributed by atoms with Crippen molar-refractivity contribution >= 4 is 22.1 Å². The normalized spacial score (nSPS) is 13.0. The van der Waals surface area contributed by atoms with Crippen molar-refractivity contribution in [1.29, 1.82) is 0 Å². The van der Waals surface area contributed by atoms with Crippen molar-refractivity contribution in [2.24, 2.45) is 7.05 Å². The molecule has 220 valence electrons. The Labute approximate surface area is 230 Å². The fourth-order valence-corrected chi connectivity index (χ4v) is 4.30. The summed E-state index contributed by atoms with van der Waals surface area (Å²) in [5.74, 6) is -1.23. The van der Waals surface area contributed by atoms with Gasteiger partial charge in [-0.25, -0.2) is 9.78 Å². The van der Waals surface area contributed by atoms with Gasteiger partial charge < -0.3 is 19.1 Å². The summed E-state index contributed by atoms with van der Waals surface area (Å²) in [5, 5.41) is 10.3. The van der Waals surface area contributed by atoms with E-state index in [4.69, 9.17) is 4.74 Å². The minimum atomic E-state index is -5.12. The predicted octanol–water partition coefficient (Wildman–Crippen LogP) is 4.04. The van der Waals surface area contributed by atoms with E-state index in [9.17, 15) is 41.0 Å². The van der Waals surface area contributed by atoms with Crippen molar-refractivity contribution in [2.45, 2.75) is 31.8 Å². The average molecular weight is 595 g/mol. The summed E-state index contributed by atoms with van der Waals surface area (Å²) in [5.41, 5.74) is -1.86. The molecule has 1 atom stereocenters. The highest BCUT2D eigenvalue weighted by Crippen LogP contribution is 2.37. The zero-order chi connectivity index (χ0) is 30.4. The maximum Gasteiger partial charge on any atom is 0.573 e. The van der Waals surface area contributed by atoms with Crippen molar-refractivity contribution in [2.75, 3.05) is 0 Å². The molecule has 10 nitrogen and oxygen atoms in total. The molecule has 5 aromatic rings. The number of rotatable bonds is 7. The Morgan fingerprint density at radius 2 is 1.79 bits per heavy atom. The Balaban J connectivity index is 1.54. The molecule has 0 saturated heterocycles. The maximum atomic E-state index is 13.3. The lowest BCUT2D eigenvalue weighted by molar-refractivity contribution is -0.275. The van der Waals surface area contributed by atoms with Crippen LogP contribution in [0.15, 0.2) is 64.3 Å². The molecule has 2 aromatic carbocycles. The number of aliphatic hydroxyl groups excluding tert-OH is 1. The zero-order valence-electron chi connectivity index (χ0n) is 21.3. The Hall–Kier alpha value is -4.86. The number of aliphatic hydroxyl groups is 1. The largest absolute Gasteiger partial charge is 0.573 e. The topological polar surface area (TPSA) is 124 Å². The maximum absolute atomic E-state index is 13.3. The highest BCUT2D eigenvalue weighted by Gasteiger charge is 2.39. The van der Waals surface area contributed by atoms with Crippen LogP contribution >= 0.6 is 0 Å². The van der Waals surface area contributed by atoms with Crippen LogP contribution in [-0.4, -0.2) is 47.8 Å². The lowest BCUT2D eigenvalue weighted by Gasteiger charge is -2.15. The van der Waals surface area contributed by atoms with Crippen LogP contribution in [0.1, 0.15) is 5.56 Å². The van der Waals surface area contributed by atoms with Gasteiger partial charge in [0.05, 0.1) is 12.1 Å². The average Bonchev–Trinajstić information content (AvgIpc) is 3.26. The third-order valence-corrected chi connectivity index (χ3v) is 6.24. The lowest BCUT2D eigenvalue weighted by atomic mass is 10.1. The first-order valence-electron chi connectivity index (χ1n) is 12.0. The van der Waals surface area contributed by atoms with Gasteiger partial charge in [-0.1, -0.05) is 12.1 Å². The van der Waals surface area contributed by atoms with Crippen molar-refractivity contribution in [1.82, 2.24) is 24.1 Å². The number of nitrogens with zero attached hydrogens (tertiary/aromatic N) is 4. The molecule has 0 bridgehead atoms. The molecule has 42 heavy (non-hydrogen) atoms. The van der Waals surface area contributed by atoms with Gasteiger partial charge in [0.2, 0.25) is 0 Å². The van der Waals surface area contributed by atoms with E-state index in [-0.39, 0.29) is 29.3 Å². The van der Waals surface area contributed by atoms with Crippen molar-refractivity contribution < 1.29 is 40.9 Å². The van der Waals surface area contributed by atoms with Gasteiger partial charge in [-0.05, 0) is 42.0 Å². The Bertz CT molecular complexity index is 1910. The summed E-state index contributed by atoms with van der Waals surface area (Å²) in [6.07, 6.45) is -11.5. The van der Waals surface area contributed by atoms with Gasteiger partial charge in [0, 0.05) is 24.2 Å². The molecule has 0 amide bonds. The lowest BCUT2D eigenvalue weighted by Crippen LogP contribution is -2.39. The van der Waals surface area contributed by atoms with E-state index >= 15 is 0 Å². The number of ether oxygens (including phenoxy) is 2. The number of aromatic nitrogens is 5. The van der Waals surface area contributed by atoms with Crippen LogP contribution in [0.4, 0.5) is 26.3 Å². The number of aryl methyl sites for hydroxylation is 1. The fourth-order valence-electron chi connectivity index (χ4n) is 4.30. The van der Waals surface area contributed by atoms with Crippen LogP contribution < -0.4 is 20.7 Å². The number of benzene rings is 2. The summed E-state index contributed by atoms with van der Waals surface area (Å²) >= 11 is 0. The van der Waals surface area contributed by atoms with Gasteiger partial charge in [-0.15, -0.1) is 13.2 Å². The number of aromatic amines is 1. The van der Waals surface area contributed by atoms with Crippen LogP contribution in [0.3, 0.4) is 0 Å². The molecule has 0 aliphatic heterocycles. The molecule has 0 aliphatic rings. The predicted molar refractivity (Wildman–Crippen MR) is 136 cm³/mol. The Morgan fingerprint density at radius 3 is 2.50 bits per heavy atom. The van der Waals surface area contributed by atoms with E-state index in [1.807, 2.05) is 11.1 Å². The van der Waals surface area contributed by atoms with Crippen LogP contribution in [-0.2, 0) is 20.2 Å². The van der Waals surface area contributed by atoms with Gasteiger partial charge in [0.25, 0.3) is 5.56 Å². The third-order valence-electron chi connectivity index (χ3n) is 6.24. The first-order chi connectivity index (χ1) is 19.7. The molecular formula is C26H19F6N5O5. The molecule has 0 fully saturated rings. The van der Waals surface area contributed by atoms with Crippen molar-refractivity contribution in [3.8, 4) is 22.9 Å². The zero-order valence-corrected chi connectivity index (χ0v) is 21.3. The minimum Gasteiger partial charge on any atom is -0.485 e. The number of H-pyrrole nitrogens is 1. The molecule has 3 heterocycles. The number of imidazole rings is 1. The molecule has 1 unspecified atom stereocenters. The van der Waals surface area contributed by atoms with Crippen LogP contribution in [0.5, 0.6) is 11.5 Å². The highest BCUT2D eigenvalue weighted by atomic mass is 19.4. The van der Waals surface area contributed by atoms with Gasteiger partial charge in [-0.3, -0.25) is 19.3 Å². The second kappa shape index (κ2) is 10.5. The number of nitrogens with one attached hydrogen (secondary N) is 1. The van der Waals surface area contributed by atoms with Crippen molar-refractivity contribution in [3.05, 3.63) is 81.1 Å². The van der Waals surface area contributed by atoms with E-state index in [1.54, 1.807) is 30.5 Å². The van der Waals surface area contributed by atoms with E-state index < -0.39 is 47.8 Å². The molecule has 0 spiro atoms. The summed E-state index contributed by atoms with van der Waals surface area (Å²) in [4.78, 5) is 34.9. The van der Waals surface area contributed by atoms with E-state index in [1.165, 1.54) is 19.2 Å². The Morgan fingerprint density at radius 1 is 1.02 bits per heavy atom. The van der Waals surface area contributed by atoms with Crippen LogP contribution in [0, 0.1) is 0 Å². The quantitative estimate of drug-likeness (QED) is 0.272. The van der Waals surface area contributed by atoms with Gasteiger partial charge in [0.1, 0.15) is 12.4 Å². The molecule has 16 heteroatoms. The van der Waals surface area contributed by atoms with Gasteiger partial charge >= 0.3 is 18.2 Å². The molecule has 0 saturated carbocycles. The molecule has 3 aromatic heterocycles. The number of alkyl halides is 6. The molecule has 2 N–H and O–H groups in total. The number of halogens is 6. The van der Waals surface area contributed by atoms with Crippen LogP contribution in [0.25, 0.3) is 33.5 Å². The SMILES string of the molecule is Cn1c(-c2ccc(OCc3ccc4ncccc4c3)c(OC(F)(F)F)c2)nc2c1c(=O)[nH]c(=O)n2CC(O)C(F)(F)F. The molecule has 0 radical (unpaired) electrons. The van der Waals surface area contributed by atoms with E-state index in [2.05, 4.69) is 14.7 Å². The second-order valence-electron chi connectivity index (χ2n) is 9.12. The van der Waals surface area contributed by atoms with Gasteiger partial charge in [0.15, 0.2) is 28.8 Å². The molecular weight excluding hydrogens is 576 g/mol. The van der Waals surface area contributed by atoms with E-state index in [0.717, 1.165) is 16.0 Å². The number of hydrogen-bond acceptors (Lipinski definition) is 7.